The molecule has 1 heterocycles. The number of carbonyl (C=O) groups excluding carboxylic acids is 2. The van der Waals surface area contributed by atoms with Gasteiger partial charge in [0.25, 0.3) is 0 Å². The molecule has 0 aromatic rings. The van der Waals surface area contributed by atoms with Gasteiger partial charge in [0.2, 0.25) is 0 Å². The van der Waals surface area contributed by atoms with Gasteiger partial charge < -0.3 is 14.2 Å². The standard InChI is InChI=1S/C19H28O5/c1-10(2)14(20)24-19(7)17(5)11(3)16(4,18(19,6)22-8)12-9-23-15(21)13(12)17/h11-13H,1,9H2,2-8H3. The van der Waals surface area contributed by atoms with Crippen LogP contribution < -0.4 is 0 Å². The molecule has 5 heteroatoms. The van der Waals surface area contributed by atoms with Crippen LogP contribution in [0.4, 0.5) is 0 Å². The molecule has 3 aliphatic rings. The van der Waals surface area contributed by atoms with E-state index in [4.69, 9.17) is 14.2 Å². The quantitative estimate of drug-likeness (QED) is 0.586. The lowest BCUT2D eigenvalue weighted by molar-refractivity contribution is -0.253. The third-order valence-electron chi connectivity index (χ3n) is 8.30. The molecule has 2 saturated carbocycles. The third-order valence-corrected chi connectivity index (χ3v) is 8.30. The van der Waals surface area contributed by atoms with Crippen molar-refractivity contribution in [2.45, 2.75) is 52.7 Å². The normalized spacial score (nSPS) is 52.1. The molecule has 24 heavy (non-hydrogen) atoms. The maximum Gasteiger partial charge on any atom is 0.333 e. The second kappa shape index (κ2) is 4.63. The fraction of sp³-hybridized carbons (Fsp3) is 0.789. The van der Waals surface area contributed by atoms with Crippen molar-refractivity contribution >= 4 is 11.9 Å². The Morgan fingerprint density at radius 1 is 1.21 bits per heavy atom. The van der Waals surface area contributed by atoms with Crippen LogP contribution in [-0.4, -0.2) is 36.9 Å². The molecule has 0 N–H and O–H groups in total. The maximum atomic E-state index is 12.5. The van der Waals surface area contributed by atoms with Crippen LogP contribution in [0.2, 0.25) is 0 Å². The van der Waals surface area contributed by atoms with Gasteiger partial charge in [-0.2, -0.15) is 0 Å². The summed E-state index contributed by atoms with van der Waals surface area (Å²) in [7, 11) is 1.65. The first-order chi connectivity index (χ1) is 10.9. The van der Waals surface area contributed by atoms with Crippen molar-refractivity contribution in [3.05, 3.63) is 12.2 Å². The first kappa shape index (κ1) is 17.5. The van der Waals surface area contributed by atoms with Gasteiger partial charge in [-0.3, -0.25) is 4.79 Å². The van der Waals surface area contributed by atoms with Gasteiger partial charge in [0.15, 0.2) is 0 Å². The van der Waals surface area contributed by atoms with Crippen LogP contribution in [0.25, 0.3) is 0 Å². The van der Waals surface area contributed by atoms with E-state index in [0.29, 0.717) is 12.2 Å². The molecule has 2 bridgehead atoms. The van der Waals surface area contributed by atoms with Gasteiger partial charge in [-0.1, -0.05) is 27.4 Å². The minimum Gasteiger partial charge on any atom is -0.465 e. The van der Waals surface area contributed by atoms with E-state index in [-0.39, 0.29) is 29.1 Å². The highest BCUT2D eigenvalue weighted by atomic mass is 16.6. The summed E-state index contributed by atoms with van der Waals surface area (Å²) in [5.41, 5.74) is -2.30. The van der Waals surface area contributed by atoms with Crippen molar-refractivity contribution in [2.75, 3.05) is 13.7 Å². The number of hydrogen-bond acceptors (Lipinski definition) is 5. The minimum absolute atomic E-state index is 0.0616. The first-order valence-corrected chi connectivity index (χ1v) is 8.54. The number of hydrogen-bond donors (Lipinski definition) is 0. The predicted molar refractivity (Wildman–Crippen MR) is 88.0 cm³/mol. The van der Waals surface area contributed by atoms with Gasteiger partial charge in [-0.05, 0) is 26.7 Å². The Labute approximate surface area is 143 Å². The average Bonchev–Trinajstić information content (AvgIpc) is 3.02. The van der Waals surface area contributed by atoms with Gasteiger partial charge in [-0.15, -0.1) is 0 Å². The van der Waals surface area contributed by atoms with Crippen molar-refractivity contribution in [3.63, 3.8) is 0 Å². The maximum absolute atomic E-state index is 12.5. The molecule has 1 saturated heterocycles. The van der Waals surface area contributed by atoms with Gasteiger partial charge in [0.1, 0.15) is 11.2 Å². The second-order valence-corrected chi connectivity index (χ2v) is 8.44. The Morgan fingerprint density at radius 3 is 2.29 bits per heavy atom. The monoisotopic (exact) mass is 336 g/mol. The molecule has 7 unspecified atom stereocenters. The average molecular weight is 336 g/mol. The number of methoxy groups -OCH3 is 1. The molecule has 0 spiro atoms. The van der Waals surface area contributed by atoms with Crippen LogP contribution in [0.1, 0.15) is 41.5 Å². The second-order valence-electron chi connectivity index (χ2n) is 8.44. The zero-order chi connectivity index (χ0) is 18.3. The van der Waals surface area contributed by atoms with Gasteiger partial charge in [-0.25, -0.2) is 4.79 Å². The van der Waals surface area contributed by atoms with Crippen molar-refractivity contribution in [2.24, 2.45) is 28.6 Å². The van der Waals surface area contributed by atoms with E-state index in [0.717, 1.165) is 0 Å². The van der Waals surface area contributed by atoms with Crippen LogP contribution in [0.3, 0.4) is 0 Å². The topological polar surface area (TPSA) is 61.8 Å². The highest BCUT2D eigenvalue weighted by Crippen LogP contribution is 2.80. The van der Waals surface area contributed by atoms with Gasteiger partial charge in [0, 0.05) is 29.4 Å². The zero-order valence-corrected chi connectivity index (χ0v) is 15.7. The summed E-state index contributed by atoms with van der Waals surface area (Å²) in [5, 5.41) is 0. The molecular formula is C19H28O5. The predicted octanol–water partition coefficient (Wildman–Crippen LogP) is 2.73. The zero-order valence-electron chi connectivity index (χ0n) is 15.7. The van der Waals surface area contributed by atoms with Crippen molar-refractivity contribution in [3.8, 4) is 0 Å². The Hall–Kier alpha value is -1.36. The van der Waals surface area contributed by atoms with Crippen LogP contribution in [0.15, 0.2) is 12.2 Å². The largest absolute Gasteiger partial charge is 0.465 e. The number of ether oxygens (including phenoxy) is 3. The van der Waals surface area contributed by atoms with E-state index in [1.54, 1.807) is 14.0 Å². The van der Waals surface area contributed by atoms with E-state index < -0.39 is 22.6 Å². The third kappa shape index (κ3) is 1.43. The molecule has 0 amide bonds. The van der Waals surface area contributed by atoms with Gasteiger partial charge >= 0.3 is 11.9 Å². The van der Waals surface area contributed by atoms with Gasteiger partial charge in [0.05, 0.1) is 12.5 Å². The van der Waals surface area contributed by atoms with Crippen molar-refractivity contribution in [1.29, 1.82) is 0 Å². The molecule has 1 aliphatic heterocycles. The fourth-order valence-electron chi connectivity index (χ4n) is 6.32. The molecule has 3 fully saturated rings. The molecule has 2 aliphatic carbocycles. The number of esters is 2. The van der Waals surface area contributed by atoms with E-state index in [1.165, 1.54) is 0 Å². The molecule has 0 radical (unpaired) electrons. The molecule has 134 valence electrons. The summed E-state index contributed by atoms with van der Waals surface area (Å²) in [5.74, 6) is -0.738. The summed E-state index contributed by atoms with van der Waals surface area (Å²) in [6.45, 7) is 16.0. The summed E-state index contributed by atoms with van der Waals surface area (Å²) in [6, 6.07) is 0. The highest BCUT2D eigenvalue weighted by Gasteiger charge is 2.88. The Morgan fingerprint density at radius 2 is 1.79 bits per heavy atom. The minimum atomic E-state index is -0.969. The summed E-state index contributed by atoms with van der Waals surface area (Å²) in [6.07, 6.45) is 0. The van der Waals surface area contributed by atoms with E-state index in [1.807, 2.05) is 20.8 Å². The Balaban J connectivity index is 2.23. The first-order valence-electron chi connectivity index (χ1n) is 8.54. The Kier molecular flexibility index (Phi) is 3.37. The van der Waals surface area contributed by atoms with Crippen molar-refractivity contribution in [1.82, 2.24) is 0 Å². The van der Waals surface area contributed by atoms with Crippen LogP contribution in [0.5, 0.6) is 0 Å². The number of cyclic esters (lactones) is 1. The van der Waals surface area contributed by atoms with Crippen LogP contribution >= 0.6 is 0 Å². The summed E-state index contributed by atoms with van der Waals surface area (Å²) >= 11 is 0. The van der Waals surface area contributed by atoms with Crippen molar-refractivity contribution < 1.29 is 23.8 Å². The summed E-state index contributed by atoms with van der Waals surface area (Å²) < 4.78 is 17.5. The number of fused-ring (bicyclic) bond motifs is 5. The molecule has 3 rings (SSSR count). The van der Waals surface area contributed by atoms with Crippen LogP contribution in [-0.2, 0) is 23.8 Å². The van der Waals surface area contributed by atoms with Crippen LogP contribution in [0, 0.1) is 28.6 Å². The molecular weight excluding hydrogens is 308 g/mol. The molecule has 5 nitrogen and oxygen atoms in total. The smallest absolute Gasteiger partial charge is 0.333 e. The lowest BCUT2D eigenvalue weighted by Gasteiger charge is -2.57. The van der Waals surface area contributed by atoms with E-state index in [9.17, 15) is 9.59 Å². The SMILES string of the molecule is C=C(C)C(=O)OC1(C)C2(C)C3C(=O)OCC3C(C)(C2C)C1(C)OC. The molecule has 0 aromatic heterocycles. The van der Waals surface area contributed by atoms with E-state index >= 15 is 0 Å². The Bertz CT molecular complexity index is 642. The summed E-state index contributed by atoms with van der Waals surface area (Å²) in [4.78, 5) is 24.9. The number of carbonyl (C=O) groups is 2. The number of rotatable bonds is 3. The fourth-order valence-corrected chi connectivity index (χ4v) is 6.32. The lowest BCUT2D eigenvalue weighted by atomic mass is 9.54. The lowest BCUT2D eigenvalue weighted by Crippen LogP contribution is -2.68. The highest BCUT2D eigenvalue weighted by molar-refractivity contribution is 5.88. The van der Waals surface area contributed by atoms with E-state index in [2.05, 4.69) is 20.4 Å². The molecule has 0 aromatic carbocycles. The molecule has 7 atom stereocenters.